The molecule has 1 aromatic rings. The summed E-state index contributed by atoms with van der Waals surface area (Å²) >= 11 is 1.87. The number of thiophene rings is 1. The molecule has 98 valence electrons. The van der Waals surface area contributed by atoms with Crippen molar-refractivity contribution in [3.63, 3.8) is 0 Å². The number of rotatable bonds is 9. The standard InChI is InChI=1S/C14H26N2S/c1-4-15-9-5-6-10-16(3)13(2)12-14-8-7-11-17-14/h7-8,11,13,15H,4-6,9-10,12H2,1-3H3. The SMILES string of the molecule is CCNCCCCN(C)C(C)Cc1cccs1. The number of likely N-dealkylation sites (N-methyl/N-ethyl adjacent to an activating group) is 1. The molecule has 1 atom stereocenters. The maximum Gasteiger partial charge on any atom is 0.0112 e. The van der Waals surface area contributed by atoms with Gasteiger partial charge in [0.2, 0.25) is 0 Å². The molecule has 1 N–H and O–H groups in total. The van der Waals surface area contributed by atoms with Crippen LogP contribution >= 0.6 is 11.3 Å². The van der Waals surface area contributed by atoms with Crippen LogP contribution in [0.5, 0.6) is 0 Å². The summed E-state index contributed by atoms with van der Waals surface area (Å²) in [4.78, 5) is 3.98. The van der Waals surface area contributed by atoms with Gasteiger partial charge in [-0.2, -0.15) is 0 Å². The zero-order valence-corrected chi connectivity index (χ0v) is 12.2. The van der Waals surface area contributed by atoms with Crippen molar-refractivity contribution < 1.29 is 0 Å². The molecule has 17 heavy (non-hydrogen) atoms. The Morgan fingerprint density at radius 1 is 1.41 bits per heavy atom. The van der Waals surface area contributed by atoms with Gasteiger partial charge in [-0.15, -0.1) is 11.3 Å². The Morgan fingerprint density at radius 3 is 2.88 bits per heavy atom. The Bertz CT molecular complexity index is 272. The topological polar surface area (TPSA) is 15.3 Å². The van der Waals surface area contributed by atoms with E-state index in [4.69, 9.17) is 0 Å². The monoisotopic (exact) mass is 254 g/mol. The lowest BCUT2D eigenvalue weighted by molar-refractivity contribution is 0.252. The summed E-state index contributed by atoms with van der Waals surface area (Å²) in [6.07, 6.45) is 3.75. The highest BCUT2D eigenvalue weighted by atomic mass is 32.1. The van der Waals surface area contributed by atoms with Crippen molar-refractivity contribution in [1.29, 1.82) is 0 Å². The molecule has 0 amide bonds. The van der Waals surface area contributed by atoms with Gasteiger partial charge in [0, 0.05) is 10.9 Å². The van der Waals surface area contributed by atoms with Crippen molar-refractivity contribution >= 4 is 11.3 Å². The third kappa shape index (κ3) is 6.20. The number of hydrogen-bond donors (Lipinski definition) is 1. The molecule has 0 aliphatic heterocycles. The van der Waals surface area contributed by atoms with Gasteiger partial charge in [0.05, 0.1) is 0 Å². The molecule has 1 unspecified atom stereocenters. The number of hydrogen-bond acceptors (Lipinski definition) is 3. The van der Waals surface area contributed by atoms with Gasteiger partial charge in [-0.3, -0.25) is 0 Å². The molecule has 0 aliphatic carbocycles. The molecular formula is C14H26N2S. The fourth-order valence-corrected chi connectivity index (χ4v) is 2.71. The highest BCUT2D eigenvalue weighted by Crippen LogP contribution is 2.13. The van der Waals surface area contributed by atoms with Crippen LogP contribution in [0.3, 0.4) is 0 Å². The van der Waals surface area contributed by atoms with Crippen LogP contribution in [0.4, 0.5) is 0 Å². The normalized spacial score (nSPS) is 13.2. The average molecular weight is 254 g/mol. The van der Waals surface area contributed by atoms with Gasteiger partial charge in [-0.1, -0.05) is 13.0 Å². The summed E-state index contributed by atoms with van der Waals surface area (Å²) < 4.78 is 0. The van der Waals surface area contributed by atoms with Crippen molar-refractivity contribution in [2.75, 3.05) is 26.7 Å². The van der Waals surface area contributed by atoms with Gasteiger partial charge < -0.3 is 10.2 Å². The first kappa shape index (κ1) is 14.7. The van der Waals surface area contributed by atoms with E-state index in [0.717, 1.165) is 13.1 Å². The molecule has 0 aliphatic rings. The van der Waals surface area contributed by atoms with Crippen LogP contribution in [-0.4, -0.2) is 37.6 Å². The van der Waals surface area contributed by atoms with Crippen molar-refractivity contribution in [3.8, 4) is 0 Å². The van der Waals surface area contributed by atoms with Crippen LogP contribution in [0.1, 0.15) is 31.6 Å². The van der Waals surface area contributed by atoms with E-state index in [9.17, 15) is 0 Å². The van der Waals surface area contributed by atoms with E-state index in [2.05, 4.69) is 48.6 Å². The molecule has 0 spiro atoms. The van der Waals surface area contributed by atoms with Gasteiger partial charge in [-0.05, 0) is 64.3 Å². The van der Waals surface area contributed by atoms with Gasteiger partial charge in [0.15, 0.2) is 0 Å². The smallest absolute Gasteiger partial charge is 0.0112 e. The minimum Gasteiger partial charge on any atom is -0.317 e. The highest BCUT2D eigenvalue weighted by Gasteiger charge is 2.09. The Kier molecular flexibility index (Phi) is 7.49. The molecule has 0 bridgehead atoms. The number of nitrogens with zero attached hydrogens (tertiary/aromatic N) is 1. The van der Waals surface area contributed by atoms with Crippen molar-refractivity contribution in [3.05, 3.63) is 22.4 Å². The van der Waals surface area contributed by atoms with E-state index in [1.807, 2.05) is 11.3 Å². The molecule has 0 radical (unpaired) electrons. The lowest BCUT2D eigenvalue weighted by Gasteiger charge is -2.24. The predicted octanol–water partition coefficient (Wildman–Crippen LogP) is 3.00. The molecular weight excluding hydrogens is 228 g/mol. The van der Waals surface area contributed by atoms with Crippen molar-refractivity contribution in [1.82, 2.24) is 10.2 Å². The Balaban J connectivity index is 2.11. The van der Waals surface area contributed by atoms with E-state index in [0.29, 0.717) is 6.04 Å². The van der Waals surface area contributed by atoms with E-state index >= 15 is 0 Å². The first-order chi connectivity index (χ1) is 8.24. The first-order valence-corrected chi connectivity index (χ1v) is 7.55. The second-order valence-electron chi connectivity index (χ2n) is 4.67. The summed E-state index contributed by atoms with van der Waals surface area (Å²) in [6, 6.07) is 5.02. The van der Waals surface area contributed by atoms with Crippen molar-refractivity contribution in [2.24, 2.45) is 0 Å². The van der Waals surface area contributed by atoms with E-state index < -0.39 is 0 Å². The quantitative estimate of drug-likeness (QED) is 0.682. The fourth-order valence-electron chi connectivity index (χ4n) is 1.88. The van der Waals surface area contributed by atoms with Crippen LogP contribution in [0, 0.1) is 0 Å². The van der Waals surface area contributed by atoms with Crippen molar-refractivity contribution in [2.45, 2.75) is 39.2 Å². The predicted molar refractivity (Wildman–Crippen MR) is 77.9 cm³/mol. The minimum absolute atomic E-state index is 0.646. The zero-order valence-electron chi connectivity index (χ0n) is 11.4. The Morgan fingerprint density at radius 2 is 2.24 bits per heavy atom. The summed E-state index contributed by atoms with van der Waals surface area (Å²) in [6.45, 7) is 7.94. The van der Waals surface area contributed by atoms with E-state index in [1.165, 1.54) is 30.7 Å². The maximum atomic E-state index is 3.37. The molecule has 0 saturated carbocycles. The van der Waals surface area contributed by atoms with Crippen LogP contribution in [-0.2, 0) is 6.42 Å². The molecule has 1 rings (SSSR count). The molecule has 1 heterocycles. The average Bonchev–Trinajstić information content (AvgIpc) is 2.81. The summed E-state index contributed by atoms with van der Waals surface area (Å²) in [5.41, 5.74) is 0. The molecule has 0 aromatic carbocycles. The first-order valence-electron chi connectivity index (χ1n) is 6.67. The van der Waals surface area contributed by atoms with Gasteiger partial charge in [0.1, 0.15) is 0 Å². The third-order valence-electron chi connectivity index (χ3n) is 3.19. The van der Waals surface area contributed by atoms with Gasteiger partial charge >= 0.3 is 0 Å². The summed E-state index contributed by atoms with van der Waals surface area (Å²) in [5.74, 6) is 0. The highest BCUT2D eigenvalue weighted by molar-refractivity contribution is 7.09. The Hall–Kier alpha value is -0.380. The van der Waals surface area contributed by atoms with Crippen LogP contribution in [0.2, 0.25) is 0 Å². The molecule has 2 nitrogen and oxygen atoms in total. The lowest BCUT2D eigenvalue weighted by Crippen LogP contribution is -2.31. The summed E-state index contributed by atoms with van der Waals surface area (Å²) in [5, 5.41) is 5.54. The van der Waals surface area contributed by atoms with E-state index in [1.54, 1.807) is 0 Å². The lowest BCUT2D eigenvalue weighted by atomic mass is 10.1. The molecule has 0 saturated heterocycles. The number of nitrogens with one attached hydrogen (secondary N) is 1. The second kappa shape index (κ2) is 8.67. The maximum absolute atomic E-state index is 3.37. The minimum atomic E-state index is 0.646. The van der Waals surface area contributed by atoms with Gasteiger partial charge in [-0.25, -0.2) is 0 Å². The van der Waals surface area contributed by atoms with Crippen LogP contribution in [0.25, 0.3) is 0 Å². The molecule has 3 heteroatoms. The third-order valence-corrected chi connectivity index (χ3v) is 4.09. The summed E-state index contributed by atoms with van der Waals surface area (Å²) in [7, 11) is 2.24. The molecule has 0 fully saturated rings. The fraction of sp³-hybridized carbons (Fsp3) is 0.714. The van der Waals surface area contributed by atoms with Crippen LogP contribution in [0.15, 0.2) is 17.5 Å². The van der Waals surface area contributed by atoms with Gasteiger partial charge in [0.25, 0.3) is 0 Å². The molecule has 1 aromatic heterocycles. The van der Waals surface area contributed by atoms with Crippen LogP contribution < -0.4 is 5.32 Å². The zero-order chi connectivity index (χ0) is 12.5. The van der Waals surface area contributed by atoms with E-state index in [-0.39, 0.29) is 0 Å². The Labute approximate surface area is 110 Å². The number of unbranched alkanes of at least 4 members (excludes halogenated alkanes) is 1. The largest absolute Gasteiger partial charge is 0.317 e. The second-order valence-corrected chi connectivity index (χ2v) is 5.71.